The second-order valence-electron chi connectivity index (χ2n) is 5.84. The highest BCUT2D eigenvalue weighted by Crippen LogP contribution is 2.48. The molecule has 2 rings (SSSR count). The minimum Gasteiger partial charge on any atom is -0.462 e. The van der Waals surface area contributed by atoms with Crippen LogP contribution in [0.1, 0.15) is 60.8 Å². The number of anilines is 1. The summed E-state index contributed by atoms with van der Waals surface area (Å²) in [6.07, 6.45) is 2.09. The summed E-state index contributed by atoms with van der Waals surface area (Å²) in [6.45, 7) is 8.93. The molecular formula is C14H21NO2S. The van der Waals surface area contributed by atoms with Gasteiger partial charge >= 0.3 is 5.97 Å². The zero-order valence-corrected chi connectivity index (χ0v) is 12.3. The van der Waals surface area contributed by atoms with Crippen LogP contribution in [0.5, 0.6) is 0 Å². The van der Waals surface area contributed by atoms with Gasteiger partial charge in [-0.25, -0.2) is 4.79 Å². The average molecular weight is 267 g/mol. The lowest BCUT2D eigenvalue weighted by atomic mass is 9.72. The van der Waals surface area contributed by atoms with Gasteiger partial charge in [-0.3, -0.25) is 0 Å². The van der Waals surface area contributed by atoms with E-state index >= 15 is 0 Å². The number of carbonyl (C=O) groups excluding carboxylic acids is 1. The van der Waals surface area contributed by atoms with Crippen molar-refractivity contribution in [3.8, 4) is 0 Å². The first-order valence-electron chi connectivity index (χ1n) is 6.44. The van der Waals surface area contributed by atoms with Gasteiger partial charge in [0, 0.05) is 4.88 Å². The molecule has 1 aliphatic rings. The smallest absolute Gasteiger partial charge is 0.341 e. The summed E-state index contributed by atoms with van der Waals surface area (Å²) in [4.78, 5) is 13.3. The van der Waals surface area contributed by atoms with Crippen molar-refractivity contribution in [3.63, 3.8) is 0 Å². The SMILES string of the molecule is CCOC(=O)c1c(N)sc2c1C(C)CC(C)(C)C2. The number of esters is 1. The molecule has 100 valence electrons. The van der Waals surface area contributed by atoms with Gasteiger partial charge in [0.2, 0.25) is 0 Å². The number of nitrogens with two attached hydrogens (primary N) is 1. The summed E-state index contributed by atoms with van der Waals surface area (Å²) >= 11 is 1.55. The van der Waals surface area contributed by atoms with E-state index in [0.717, 1.165) is 18.4 Å². The fourth-order valence-electron chi connectivity index (χ4n) is 3.01. The molecule has 2 N–H and O–H groups in total. The van der Waals surface area contributed by atoms with E-state index in [4.69, 9.17) is 10.5 Å². The highest BCUT2D eigenvalue weighted by Gasteiger charge is 2.36. The van der Waals surface area contributed by atoms with Crippen LogP contribution in [0, 0.1) is 5.41 Å². The molecule has 0 aromatic carbocycles. The highest BCUT2D eigenvalue weighted by atomic mass is 32.1. The van der Waals surface area contributed by atoms with Crippen molar-refractivity contribution in [3.05, 3.63) is 16.0 Å². The minimum atomic E-state index is -0.265. The van der Waals surface area contributed by atoms with Crippen molar-refractivity contribution in [2.75, 3.05) is 12.3 Å². The number of hydrogen-bond donors (Lipinski definition) is 1. The lowest BCUT2D eigenvalue weighted by Gasteiger charge is -2.33. The van der Waals surface area contributed by atoms with Crippen molar-refractivity contribution in [1.82, 2.24) is 0 Å². The molecule has 1 aromatic heterocycles. The molecule has 4 heteroatoms. The molecule has 1 aromatic rings. The van der Waals surface area contributed by atoms with E-state index in [2.05, 4.69) is 20.8 Å². The van der Waals surface area contributed by atoms with Gasteiger partial charge < -0.3 is 10.5 Å². The van der Waals surface area contributed by atoms with Crippen LogP contribution in [0.4, 0.5) is 5.00 Å². The molecule has 0 amide bonds. The van der Waals surface area contributed by atoms with Gasteiger partial charge in [-0.1, -0.05) is 20.8 Å². The fourth-order valence-corrected chi connectivity index (χ4v) is 4.45. The van der Waals surface area contributed by atoms with Gasteiger partial charge in [0.15, 0.2) is 0 Å². The molecule has 1 aliphatic carbocycles. The zero-order valence-electron chi connectivity index (χ0n) is 11.5. The van der Waals surface area contributed by atoms with Crippen LogP contribution in [-0.4, -0.2) is 12.6 Å². The Bertz CT molecular complexity index is 476. The highest BCUT2D eigenvalue weighted by molar-refractivity contribution is 7.16. The Balaban J connectivity index is 2.46. The van der Waals surface area contributed by atoms with E-state index in [-0.39, 0.29) is 11.4 Å². The van der Waals surface area contributed by atoms with Gasteiger partial charge in [-0.05, 0) is 36.7 Å². The van der Waals surface area contributed by atoms with Gasteiger partial charge in [0.05, 0.1) is 12.2 Å². The Morgan fingerprint density at radius 1 is 1.56 bits per heavy atom. The number of carbonyl (C=O) groups is 1. The Labute approximate surface area is 112 Å². The number of rotatable bonds is 2. The summed E-state index contributed by atoms with van der Waals surface area (Å²) in [7, 11) is 0. The second kappa shape index (κ2) is 4.57. The molecule has 0 bridgehead atoms. The van der Waals surface area contributed by atoms with Crippen LogP contribution >= 0.6 is 11.3 Å². The number of nitrogen functional groups attached to an aromatic ring is 1. The van der Waals surface area contributed by atoms with Crippen molar-refractivity contribution in [1.29, 1.82) is 0 Å². The van der Waals surface area contributed by atoms with Crippen LogP contribution in [0.25, 0.3) is 0 Å². The maximum absolute atomic E-state index is 12.0. The lowest BCUT2D eigenvalue weighted by molar-refractivity contribution is 0.0525. The predicted molar refractivity (Wildman–Crippen MR) is 75.2 cm³/mol. The van der Waals surface area contributed by atoms with Gasteiger partial charge in [0.25, 0.3) is 0 Å². The van der Waals surface area contributed by atoms with E-state index in [1.165, 1.54) is 4.88 Å². The summed E-state index contributed by atoms with van der Waals surface area (Å²) in [6, 6.07) is 0. The maximum atomic E-state index is 12.0. The molecule has 1 unspecified atom stereocenters. The van der Waals surface area contributed by atoms with Crippen molar-refractivity contribution in [2.24, 2.45) is 5.41 Å². The molecule has 1 atom stereocenters. The molecule has 0 aliphatic heterocycles. The number of hydrogen-bond acceptors (Lipinski definition) is 4. The molecule has 1 heterocycles. The monoisotopic (exact) mass is 267 g/mol. The summed E-state index contributed by atoms with van der Waals surface area (Å²) in [5.74, 6) is 0.107. The van der Waals surface area contributed by atoms with E-state index in [1.54, 1.807) is 11.3 Å². The molecule has 0 spiro atoms. The second-order valence-corrected chi connectivity index (χ2v) is 6.98. The molecule has 0 fully saturated rings. The van der Waals surface area contributed by atoms with E-state index in [0.29, 0.717) is 23.1 Å². The Hall–Kier alpha value is -1.03. The van der Waals surface area contributed by atoms with Crippen molar-refractivity contribution in [2.45, 2.75) is 46.5 Å². The lowest BCUT2D eigenvalue weighted by Crippen LogP contribution is -2.24. The van der Waals surface area contributed by atoms with E-state index in [9.17, 15) is 4.79 Å². The minimum absolute atomic E-state index is 0.265. The number of ether oxygens (including phenoxy) is 1. The molecule has 0 radical (unpaired) electrons. The van der Waals surface area contributed by atoms with E-state index in [1.807, 2.05) is 6.92 Å². The van der Waals surface area contributed by atoms with Crippen LogP contribution in [-0.2, 0) is 11.2 Å². The van der Waals surface area contributed by atoms with Crippen molar-refractivity contribution >= 4 is 22.3 Å². The summed E-state index contributed by atoms with van der Waals surface area (Å²) in [5, 5.41) is 0.614. The van der Waals surface area contributed by atoms with Crippen LogP contribution in [0.2, 0.25) is 0 Å². The van der Waals surface area contributed by atoms with Gasteiger partial charge in [0.1, 0.15) is 5.00 Å². The van der Waals surface area contributed by atoms with E-state index < -0.39 is 0 Å². The molecular weight excluding hydrogens is 246 g/mol. The third kappa shape index (κ3) is 2.26. The summed E-state index contributed by atoms with van der Waals surface area (Å²) < 4.78 is 5.12. The quantitative estimate of drug-likeness (QED) is 0.833. The number of thiophene rings is 1. The molecule has 0 saturated heterocycles. The van der Waals surface area contributed by atoms with Crippen LogP contribution < -0.4 is 5.73 Å². The topological polar surface area (TPSA) is 52.3 Å². The fraction of sp³-hybridized carbons (Fsp3) is 0.643. The van der Waals surface area contributed by atoms with Crippen LogP contribution in [0.15, 0.2) is 0 Å². The van der Waals surface area contributed by atoms with Gasteiger partial charge in [-0.2, -0.15) is 0 Å². The molecule has 3 nitrogen and oxygen atoms in total. The first-order chi connectivity index (χ1) is 8.35. The van der Waals surface area contributed by atoms with Crippen LogP contribution in [0.3, 0.4) is 0 Å². The standard InChI is InChI=1S/C14H21NO2S/c1-5-17-13(16)11-10-8(2)6-14(3,4)7-9(10)18-12(11)15/h8H,5-7,15H2,1-4H3. The Morgan fingerprint density at radius 2 is 2.22 bits per heavy atom. The normalized spacial score (nSPS) is 21.4. The van der Waals surface area contributed by atoms with Gasteiger partial charge in [-0.15, -0.1) is 11.3 Å². The first-order valence-corrected chi connectivity index (χ1v) is 7.25. The Kier molecular flexibility index (Phi) is 3.41. The molecule has 0 saturated carbocycles. The van der Waals surface area contributed by atoms with Crippen molar-refractivity contribution < 1.29 is 9.53 Å². The first kappa shape index (κ1) is 13.4. The largest absolute Gasteiger partial charge is 0.462 e. The zero-order chi connectivity index (χ0) is 13.5. The predicted octanol–water partition coefficient (Wildman–Crippen LogP) is 3.58. The molecule has 18 heavy (non-hydrogen) atoms. The maximum Gasteiger partial charge on any atom is 0.341 e. The summed E-state index contributed by atoms with van der Waals surface area (Å²) in [5.41, 5.74) is 8.07. The average Bonchev–Trinajstić information content (AvgIpc) is 2.52. The third-order valence-corrected chi connectivity index (χ3v) is 4.55. The number of fused-ring (bicyclic) bond motifs is 1. The Morgan fingerprint density at radius 3 is 2.83 bits per heavy atom. The third-order valence-electron chi connectivity index (χ3n) is 3.52.